The molecule has 2 rings (SSSR count). The second-order valence-corrected chi connectivity index (χ2v) is 6.95. The first-order valence-electron chi connectivity index (χ1n) is 8.68. The van der Waals surface area contributed by atoms with Crippen molar-refractivity contribution in [3.05, 3.63) is 0 Å². The molecule has 2 heteroatoms. The lowest BCUT2D eigenvalue weighted by atomic mass is 9.82. The van der Waals surface area contributed by atoms with Gasteiger partial charge in [0, 0.05) is 12.1 Å². The molecule has 2 aliphatic carbocycles. The van der Waals surface area contributed by atoms with Crippen LogP contribution in [0.2, 0.25) is 0 Å². The van der Waals surface area contributed by atoms with E-state index in [-0.39, 0.29) is 0 Å². The molecule has 112 valence electrons. The third-order valence-corrected chi connectivity index (χ3v) is 5.91. The Morgan fingerprint density at radius 2 is 1.74 bits per heavy atom. The average Bonchev–Trinajstić information content (AvgIpc) is 2.71. The van der Waals surface area contributed by atoms with Gasteiger partial charge in [-0.25, -0.2) is 0 Å². The first-order chi connectivity index (χ1) is 9.26. The number of rotatable bonds is 4. The summed E-state index contributed by atoms with van der Waals surface area (Å²) in [5, 5.41) is 0. The minimum Gasteiger partial charge on any atom is -0.330 e. The Morgan fingerprint density at radius 3 is 2.47 bits per heavy atom. The predicted octanol–water partition coefficient (Wildman–Crippen LogP) is 3.79. The molecule has 0 saturated heterocycles. The maximum Gasteiger partial charge on any atom is 0.0135 e. The van der Waals surface area contributed by atoms with Crippen LogP contribution in [0.1, 0.15) is 71.1 Å². The van der Waals surface area contributed by atoms with E-state index in [2.05, 4.69) is 18.9 Å². The summed E-state index contributed by atoms with van der Waals surface area (Å²) in [4.78, 5) is 2.73. The standard InChI is InChI=1S/C17H34N2/c1-3-14-7-6-9-16(12-11-14)19(2)17-10-5-4-8-15(17)13-18/h14-17H,3-13,18H2,1-2H3. The Labute approximate surface area is 120 Å². The molecule has 0 aromatic carbocycles. The molecule has 0 amide bonds. The van der Waals surface area contributed by atoms with Crippen LogP contribution in [0.25, 0.3) is 0 Å². The van der Waals surface area contributed by atoms with Crippen LogP contribution in [0.5, 0.6) is 0 Å². The number of nitrogens with zero attached hydrogens (tertiary/aromatic N) is 1. The molecule has 0 heterocycles. The normalized spacial score (nSPS) is 37.3. The highest BCUT2D eigenvalue weighted by atomic mass is 15.2. The van der Waals surface area contributed by atoms with Crippen LogP contribution < -0.4 is 5.73 Å². The van der Waals surface area contributed by atoms with Crippen molar-refractivity contribution in [1.29, 1.82) is 0 Å². The molecule has 4 atom stereocenters. The van der Waals surface area contributed by atoms with Crippen molar-refractivity contribution in [2.75, 3.05) is 13.6 Å². The largest absolute Gasteiger partial charge is 0.330 e. The molecule has 2 nitrogen and oxygen atoms in total. The van der Waals surface area contributed by atoms with Crippen molar-refractivity contribution in [3.63, 3.8) is 0 Å². The highest BCUT2D eigenvalue weighted by Crippen LogP contribution is 2.33. The zero-order valence-electron chi connectivity index (χ0n) is 13.1. The van der Waals surface area contributed by atoms with Crippen molar-refractivity contribution in [1.82, 2.24) is 4.90 Å². The van der Waals surface area contributed by atoms with Crippen LogP contribution in [0, 0.1) is 11.8 Å². The monoisotopic (exact) mass is 266 g/mol. The summed E-state index contributed by atoms with van der Waals surface area (Å²) in [7, 11) is 2.38. The molecule has 2 aliphatic rings. The van der Waals surface area contributed by atoms with Crippen molar-refractivity contribution < 1.29 is 0 Å². The SMILES string of the molecule is CCC1CCCC(N(C)C2CCCCC2CN)CC1. The van der Waals surface area contributed by atoms with E-state index < -0.39 is 0 Å². The van der Waals surface area contributed by atoms with E-state index in [9.17, 15) is 0 Å². The van der Waals surface area contributed by atoms with E-state index in [4.69, 9.17) is 5.73 Å². The minimum absolute atomic E-state index is 0.754. The first-order valence-corrected chi connectivity index (χ1v) is 8.68. The summed E-state index contributed by atoms with van der Waals surface area (Å²) < 4.78 is 0. The lowest BCUT2D eigenvalue weighted by Gasteiger charge is -2.41. The molecular formula is C17H34N2. The fourth-order valence-corrected chi connectivity index (χ4v) is 4.44. The molecule has 2 fully saturated rings. The average molecular weight is 266 g/mol. The van der Waals surface area contributed by atoms with Gasteiger partial charge in [-0.05, 0) is 57.5 Å². The molecular weight excluding hydrogens is 232 g/mol. The Bertz CT molecular complexity index is 254. The van der Waals surface area contributed by atoms with Gasteiger partial charge in [-0.3, -0.25) is 0 Å². The molecule has 2 saturated carbocycles. The van der Waals surface area contributed by atoms with E-state index in [1.165, 1.54) is 64.2 Å². The zero-order valence-corrected chi connectivity index (χ0v) is 13.1. The molecule has 0 aliphatic heterocycles. The summed E-state index contributed by atoms with van der Waals surface area (Å²) >= 11 is 0. The van der Waals surface area contributed by atoms with Gasteiger partial charge in [-0.1, -0.05) is 39.0 Å². The van der Waals surface area contributed by atoms with Crippen LogP contribution in [-0.4, -0.2) is 30.6 Å². The summed E-state index contributed by atoms with van der Waals surface area (Å²) in [6.07, 6.45) is 14.1. The summed E-state index contributed by atoms with van der Waals surface area (Å²) in [6, 6.07) is 1.59. The second kappa shape index (κ2) is 7.64. The summed E-state index contributed by atoms with van der Waals surface area (Å²) in [5.41, 5.74) is 6.01. The van der Waals surface area contributed by atoms with Gasteiger partial charge < -0.3 is 10.6 Å². The van der Waals surface area contributed by atoms with E-state index in [1.807, 2.05) is 0 Å². The Hall–Kier alpha value is -0.0800. The van der Waals surface area contributed by atoms with Gasteiger partial charge in [0.2, 0.25) is 0 Å². The highest BCUT2D eigenvalue weighted by molar-refractivity contribution is 4.87. The highest BCUT2D eigenvalue weighted by Gasteiger charge is 2.31. The van der Waals surface area contributed by atoms with Gasteiger partial charge in [0.1, 0.15) is 0 Å². The van der Waals surface area contributed by atoms with Gasteiger partial charge in [-0.2, -0.15) is 0 Å². The molecule has 0 aromatic rings. The smallest absolute Gasteiger partial charge is 0.0135 e. The number of hydrogen-bond acceptors (Lipinski definition) is 2. The van der Waals surface area contributed by atoms with E-state index >= 15 is 0 Å². The van der Waals surface area contributed by atoms with E-state index in [0.29, 0.717) is 0 Å². The van der Waals surface area contributed by atoms with Gasteiger partial charge >= 0.3 is 0 Å². The lowest BCUT2D eigenvalue weighted by molar-refractivity contribution is 0.0839. The van der Waals surface area contributed by atoms with Gasteiger partial charge in [0.15, 0.2) is 0 Å². The molecule has 0 radical (unpaired) electrons. The van der Waals surface area contributed by atoms with Crippen LogP contribution in [0.3, 0.4) is 0 Å². The maximum atomic E-state index is 6.01. The first kappa shape index (κ1) is 15.3. The molecule has 2 N–H and O–H groups in total. The zero-order chi connectivity index (χ0) is 13.7. The summed E-state index contributed by atoms with van der Waals surface area (Å²) in [6.45, 7) is 3.25. The molecule has 19 heavy (non-hydrogen) atoms. The van der Waals surface area contributed by atoms with Crippen molar-refractivity contribution >= 4 is 0 Å². The van der Waals surface area contributed by atoms with Crippen molar-refractivity contribution in [2.45, 2.75) is 83.2 Å². The van der Waals surface area contributed by atoms with Crippen molar-refractivity contribution in [2.24, 2.45) is 17.6 Å². The minimum atomic E-state index is 0.754. The Kier molecular flexibility index (Phi) is 6.15. The third-order valence-electron chi connectivity index (χ3n) is 5.91. The van der Waals surface area contributed by atoms with Crippen LogP contribution >= 0.6 is 0 Å². The van der Waals surface area contributed by atoms with Crippen LogP contribution in [0.4, 0.5) is 0 Å². The predicted molar refractivity (Wildman–Crippen MR) is 83.2 cm³/mol. The van der Waals surface area contributed by atoms with E-state index in [0.717, 1.165) is 30.5 Å². The van der Waals surface area contributed by atoms with Gasteiger partial charge in [0.25, 0.3) is 0 Å². The molecule has 0 bridgehead atoms. The number of hydrogen-bond donors (Lipinski definition) is 1. The molecule has 0 aromatic heterocycles. The fraction of sp³-hybridized carbons (Fsp3) is 1.00. The molecule has 0 spiro atoms. The van der Waals surface area contributed by atoms with E-state index in [1.54, 1.807) is 0 Å². The lowest BCUT2D eigenvalue weighted by Crippen LogP contribution is -2.47. The van der Waals surface area contributed by atoms with Gasteiger partial charge in [-0.15, -0.1) is 0 Å². The fourth-order valence-electron chi connectivity index (χ4n) is 4.44. The van der Waals surface area contributed by atoms with Crippen molar-refractivity contribution in [3.8, 4) is 0 Å². The summed E-state index contributed by atoms with van der Waals surface area (Å²) in [5.74, 6) is 1.75. The quantitative estimate of drug-likeness (QED) is 0.784. The maximum absolute atomic E-state index is 6.01. The topological polar surface area (TPSA) is 29.3 Å². The van der Waals surface area contributed by atoms with Crippen LogP contribution in [-0.2, 0) is 0 Å². The van der Waals surface area contributed by atoms with Gasteiger partial charge in [0.05, 0.1) is 0 Å². The second-order valence-electron chi connectivity index (χ2n) is 6.95. The Morgan fingerprint density at radius 1 is 0.947 bits per heavy atom. The molecule has 4 unspecified atom stereocenters. The Balaban J connectivity index is 1.92. The number of nitrogens with two attached hydrogens (primary N) is 1. The van der Waals surface area contributed by atoms with Crippen LogP contribution in [0.15, 0.2) is 0 Å². The third kappa shape index (κ3) is 3.95.